The summed E-state index contributed by atoms with van der Waals surface area (Å²) < 4.78 is 7.50. The van der Waals surface area contributed by atoms with Gasteiger partial charge in [0.25, 0.3) is 5.91 Å². The van der Waals surface area contributed by atoms with Crippen molar-refractivity contribution in [1.29, 1.82) is 0 Å². The summed E-state index contributed by atoms with van der Waals surface area (Å²) in [6.07, 6.45) is 5.30. The highest BCUT2D eigenvalue weighted by Crippen LogP contribution is 2.29. The summed E-state index contributed by atoms with van der Waals surface area (Å²) in [5, 5.41) is 7.26. The fourth-order valence-electron chi connectivity index (χ4n) is 3.35. The third kappa shape index (κ3) is 2.37. The smallest absolute Gasteiger partial charge is 0.256 e. The number of aromatic nitrogens is 4. The third-order valence-corrected chi connectivity index (χ3v) is 4.56. The molecule has 1 aliphatic rings. The van der Waals surface area contributed by atoms with Gasteiger partial charge in [-0.3, -0.25) is 9.89 Å². The lowest BCUT2D eigenvalue weighted by molar-refractivity contribution is -0.00304. The molecule has 4 heterocycles. The van der Waals surface area contributed by atoms with E-state index in [1.165, 1.54) is 0 Å². The van der Waals surface area contributed by atoms with Gasteiger partial charge in [0.05, 0.1) is 48.6 Å². The van der Waals surface area contributed by atoms with Crippen molar-refractivity contribution in [1.82, 2.24) is 24.5 Å². The van der Waals surface area contributed by atoms with E-state index in [4.69, 9.17) is 4.74 Å². The molecule has 7 heteroatoms. The van der Waals surface area contributed by atoms with Crippen LogP contribution in [0, 0.1) is 13.8 Å². The SMILES string of the molecule is Cc1n[nH]c(C)c1C1COCCN1C(=O)c1ccc2cncn2c1. The molecule has 0 aromatic carbocycles. The molecule has 4 rings (SSSR count). The molecule has 0 radical (unpaired) electrons. The molecule has 7 nitrogen and oxygen atoms in total. The van der Waals surface area contributed by atoms with Crippen molar-refractivity contribution < 1.29 is 9.53 Å². The first kappa shape index (κ1) is 14.9. The highest BCUT2D eigenvalue weighted by Gasteiger charge is 2.32. The summed E-state index contributed by atoms with van der Waals surface area (Å²) in [7, 11) is 0. The van der Waals surface area contributed by atoms with E-state index in [2.05, 4.69) is 15.2 Å². The topological polar surface area (TPSA) is 75.5 Å². The summed E-state index contributed by atoms with van der Waals surface area (Å²) in [6.45, 7) is 5.53. The zero-order valence-corrected chi connectivity index (χ0v) is 13.7. The van der Waals surface area contributed by atoms with E-state index < -0.39 is 0 Å². The van der Waals surface area contributed by atoms with Crippen LogP contribution in [0.5, 0.6) is 0 Å². The van der Waals surface area contributed by atoms with Gasteiger partial charge < -0.3 is 14.0 Å². The number of ether oxygens (including phenoxy) is 1. The van der Waals surface area contributed by atoms with Crippen LogP contribution in [-0.2, 0) is 4.74 Å². The van der Waals surface area contributed by atoms with E-state index in [1.807, 2.05) is 41.5 Å². The number of carbonyl (C=O) groups is 1. The van der Waals surface area contributed by atoms with Crippen molar-refractivity contribution in [2.45, 2.75) is 19.9 Å². The van der Waals surface area contributed by atoms with Gasteiger partial charge in [-0.2, -0.15) is 5.10 Å². The largest absolute Gasteiger partial charge is 0.377 e. The highest BCUT2D eigenvalue weighted by atomic mass is 16.5. The maximum Gasteiger partial charge on any atom is 0.256 e. The monoisotopic (exact) mass is 325 g/mol. The Morgan fingerprint density at radius 2 is 2.25 bits per heavy atom. The van der Waals surface area contributed by atoms with Gasteiger partial charge in [-0.25, -0.2) is 4.98 Å². The lowest BCUT2D eigenvalue weighted by atomic mass is 10.0. The van der Waals surface area contributed by atoms with Crippen LogP contribution >= 0.6 is 0 Å². The average Bonchev–Trinajstić information content (AvgIpc) is 3.20. The summed E-state index contributed by atoms with van der Waals surface area (Å²) in [4.78, 5) is 19.1. The second-order valence-electron chi connectivity index (χ2n) is 6.08. The number of nitrogens with zero attached hydrogens (tertiary/aromatic N) is 4. The molecule has 3 aromatic heterocycles. The lowest BCUT2D eigenvalue weighted by Crippen LogP contribution is -2.43. The van der Waals surface area contributed by atoms with Crippen molar-refractivity contribution in [3.63, 3.8) is 0 Å². The summed E-state index contributed by atoms with van der Waals surface area (Å²) in [5.74, 6) is -0.00102. The first-order valence-electron chi connectivity index (χ1n) is 7.97. The van der Waals surface area contributed by atoms with Crippen molar-refractivity contribution in [3.8, 4) is 0 Å². The summed E-state index contributed by atoms with van der Waals surface area (Å²) in [5.41, 5.74) is 4.54. The van der Waals surface area contributed by atoms with Crippen molar-refractivity contribution in [3.05, 3.63) is 53.4 Å². The Kier molecular flexibility index (Phi) is 3.57. The number of fused-ring (bicyclic) bond motifs is 1. The van der Waals surface area contributed by atoms with E-state index in [0.29, 0.717) is 25.3 Å². The first-order valence-corrected chi connectivity index (χ1v) is 7.97. The van der Waals surface area contributed by atoms with Gasteiger partial charge in [-0.05, 0) is 26.0 Å². The molecule has 0 saturated carbocycles. The molecule has 1 amide bonds. The number of hydrogen-bond donors (Lipinski definition) is 1. The molecular weight excluding hydrogens is 306 g/mol. The second kappa shape index (κ2) is 5.76. The van der Waals surface area contributed by atoms with Crippen LogP contribution in [-0.4, -0.2) is 50.1 Å². The van der Waals surface area contributed by atoms with Crippen LogP contribution in [0.2, 0.25) is 0 Å². The molecule has 0 spiro atoms. The Balaban J connectivity index is 1.70. The van der Waals surface area contributed by atoms with Crippen LogP contribution in [0.4, 0.5) is 0 Å². The molecule has 3 aromatic rings. The molecule has 1 atom stereocenters. The fraction of sp³-hybridized carbons (Fsp3) is 0.353. The van der Waals surface area contributed by atoms with Gasteiger partial charge in [0.2, 0.25) is 0 Å². The van der Waals surface area contributed by atoms with E-state index in [1.54, 1.807) is 12.5 Å². The van der Waals surface area contributed by atoms with Crippen molar-refractivity contribution >= 4 is 11.4 Å². The van der Waals surface area contributed by atoms with Crippen LogP contribution in [0.3, 0.4) is 0 Å². The molecule has 0 aliphatic carbocycles. The Labute approximate surface area is 139 Å². The minimum Gasteiger partial charge on any atom is -0.377 e. The Hall–Kier alpha value is -2.67. The number of aryl methyl sites for hydroxylation is 2. The van der Waals surface area contributed by atoms with E-state index in [-0.39, 0.29) is 11.9 Å². The standard InChI is InChI=1S/C17H19N5O2/c1-11-16(12(2)20-19-11)15-9-24-6-5-22(15)17(23)13-3-4-14-7-18-10-21(14)8-13/h3-4,7-8,10,15H,5-6,9H2,1-2H3,(H,19,20). The number of carbonyl (C=O) groups excluding carboxylic acids is 1. The van der Waals surface area contributed by atoms with Crippen molar-refractivity contribution in [2.24, 2.45) is 0 Å². The zero-order valence-electron chi connectivity index (χ0n) is 13.7. The maximum absolute atomic E-state index is 13.1. The number of aromatic amines is 1. The van der Waals surface area contributed by atoms with Gasteiger partial charge in [0.1, 0.15) is 0 Å². The normalized spacial score (nSPS) is 18.2. The first-order chi connectivity index (χ1) is 11.6. The van der Waals surface area contributed by atoms with Gasteiger partial charge >= 0.3 is 0 Å². The average molecular weight is 325 g/mol. The fourth-order valence-corrected chi connectivity index (χ4v) is 3.35. The minimum absolute atomic E-state index is 0.00102. The quantitative estimate of drug-likeness (QED) is 0.781. The summed E-state index contributed by atoms with van der Waals surface area (Å²) >= 11 is 0. The molecule has 0 bridgehead atoms. The van der Waals surface area contributed by atoms with Gasteiger partial charge in [0, 0.05) is 24.0 Å². The number of imidazole rings is 1. The number of pyridine rings is 1. The molecule has 24 heavy (non-hydrogen) atoms. The number of H-pyrrole nitrogens is 1. The Bertz CT molecular complexity index is 878. The molecule has 124 valence electrons. The van der Waals surface area contributed by atoms with Crippen LogP contribution < -0.4 is 0 Å². The molecule has 1 aliphatic heterocycles. The number of rotatable bonds is 2. The van der Waals surface area contributed by atoms with Gasteiger partial charge in [-0.15, -0.1) is 0 Å². The van der Waals surface area contributed by atoms with Crippen LogP contribution in [0.25, 0.3) is 5.52 Å². The molecule has 1 fully saturated rings. The highest BCUT2D eigenvalue weighted by molar-refractivity contribution is 5.94. The van der Waals surface area contributed by atoms with E-state index in [0.717, 1.165) is 22.5 Å². The van der Waals surface area contributed by atoms with Gasteiger partial charge in [0.15, 0.2) is 0 Å². The number of hydrogen-bond acceptors (Lipinski definition) is 4. The molecular formula is C17H19N5O2. The van der Waals surface area contributed by atoms with Crippen molar-refractivity contribution in [2.75, 3.05) is 19.8 Å². The predicted octanol–water partition coefficient (Wildman–Crippen LogP) is 1.89. The summed E-state index contributed by atoms with van der Waals surface area (Å²) in [6, 6.07) is 3.63. The number of nitrogens with one attached hydrogen (secondary N) is 1. The number of amides is 1. The Morgan fingerprint density at radius 3 is 3.04 bits per heavy atom. The minimum atomic E-state index is -0.122. The molecule has 1 unspecified atom stereocenters. The molecule has 1 N–H and O–H groups in total. The van der Waals surface area contributed by atoms with Gasteiger partial charge in [-0.1, -0.05) is 0 Å². The maximum atomic E-state index is 13.1. The molecule has 1 saturated heterocycles. The zero-order chi connectivity index (χ0) is 16.7. The lowest BCUT2D eigenvalue weighted by Gasteiger charge is -2.36. The van der Waals surface area contributed by atoms with E-state index in [9.17, 15) is 4.79 Å². The van der Waals surface area contributed by atoms with Crippen LogP contribution in [0.1, 0.15) is 33.4 Å². The third-order valence-electron chi connectivity index (χ3n) is 4.56. The Morgan fingerprint density at radius 1 is 1.38 bits per heavy atom. The predicted molar refractivity (Wildman–Crippen MR) is 87.9 cm³/mol. The number of morpholine rings is 1. The van der Waals surface area contributed by atoms with E-state index >= 15 is 0 Å². The second-order valence-corrected chi connectivity index (χ2v) is 6.08. The van der Waals surface area contributed by atoms with Crippen LogP contribution in [0.15, 0.2) is 30.9 Å².